The molecule has 7 nitrogen and oxygen atoms in total. The van der Waals surface area contributed by atoms with Gasteiger partial charge in [0.05, 0.1) is 17.3 Å². The van der Waals surface area contributed by atoms with Gasteiger partial charge in [-0.1, -0.05) is 37.3 Å². The normalized spacial score (nSPS) is 17.1. The molecule has 2 aromatic heterocycles. The zero-order valence-corrected chi connectivity index (χ0v) is 21.8. The zero-order valence-electron chi connectivity index (χ0n) is 21.0. The van der Waals surface area contributed by atoms with Crippen LogP contribution < -0.4 is 10.6 Å². The van der Waals surface area contributed by atoms with Crippen molar-refractivity contribution in [2.24, 2.45) is 5.92 Å². The highest BCUT2D eigenvalue weighted by molar-refractivity contribution is 6.34. The molecule has 0 aliphatic heterocycles. The molecule has 1 aliphatic carbocycles. The second-order valence-electron chi connectivity index (χ2n) is 9.55. The summed E-state index contributed by atoms with van der Waals surface area (Å²) < 4.78 is 14.8. The van der Waals surface area contributed by atoms with Gasteiger partial charge in [0.1, 0.15) is 17.3 Å². The van der Waals surface area contributed by atoms with Crippen LogP contribution in [0, 0.1) is 30.5 Å². The molecular formula is C28H29ClFN5O2. The second kappa shape index (κ2) is 11.6. The van der Waals surface area contributed by atoms with Crippen LogP contribution in [-0.2, 0) is 4.79 Å². The molecule has 9 heteroatoms. The molecule has 0 spiro atoms. The van der Waals surface area contributed by atoms with Crippen molar-refractivity contribution in [2.45, 2.75) is 58.5 Å². The second-order valence-corrected chi connectivity index (χ2v) is 9.96. The SMILES string of the molecule is Cc1cc(C#Cc2ccc(F)cc2)cnc1NC(=O)c1c(Cl)cnn1C1CCC(NC(=O)C(C)C)CC1. The van der Waals surface area contributed by atoms with Crippen molar-refractivity contribution in [1.82, 2.24) is 20.1 Å². The van der Waals surface area contributed by atoms with E-state index < -0.39 is 5.91 Å². The number of pyridine rings is 1. The summed E-state index contributed by atoms with van der Waals surface area (Å²) in [5.74, 6) is 5.68. The summed E-state index contributed by atoms with van der Waals surface area (Å²) in [7, 11) is 0. The number of hydrogen-bond donors (Lipinski definition) is 2. The van der Waals surface area contributed by atoms with Gasteiger partial charge in [0.15, 0.2) is 0 Å². The molecule has 2 N–H and O–H groups in total. The zero-order chi connectivity index (χ0) is 26.5. The van der Waals surface area contributed by atoms with Gasteiger partial charge in [0.25, 0.3) is 5.91 Å². The first-order chi connectivity index (χ1) is 17.7. The van der Waals surface area contributed by atoms with Crippen molar-refractivity contribution < 1.29 is 14.0 Å². The average molecular weight is 522 g/mol. The van der Waals surface area contributed by atoms with E-state index in [1.807, 2.05) is 26.8 Å². The minimum atomic E-state index is -0.390. The van der Waals surface area contributed by atoms with Crippen molar-refractivity contribution in [3.8, 4) is 11.8 Å². The molecule has 0 bridgehead atoms. The van der Waals surface area contributed by atoms with E-state index in [2.05, 4.69) is 32.6 Å². The summed E-state index contributed by atoms with van der Waals surface area (Å²) in [5.41, 5.74) is 2.39. The third-order valence-corrected chi connectivity index (χ3v) is 6.66. The summed E-state index contributed by atoms with van der Waals surface area (Å²) in [6.07, 6.45) is 6.23. The number of carbonyl (C=O) groups excluding carboxylic acids is 2. The highest BCUT2D eigenvalue weighted by Crippen LogP contribution is 2.31. The summed E-state index contributed by atoms with van der Waals surface area (Å²) in [6, 6.07) is 7.91. The first-order valence-corrected chi connectivity index (χ1v) is 12.7. The molecule has 2 heterocycles. The standard InChI is InChI=1S/C28H29ClFN5O2/c1-17(2)27(36)33-22-10-12-23(13-11-22)35-25(24(29)16-32-35)28(37)34-26-18(3)14-20(15-31-26)5-4-19-6-8-21(30)9-7-19/h6-9,14-17,22-23H,10-13H2,1-3H3,(H,33,36)(H,31,34,37). The lowest BCUT2D eigenvalue weighted by molar-refractivity contribution is -0.125. The maximum atomic E-state index is 13.2. The van der Waals surface area contributed by atoms with Crippen molar-refractivity contribution in [3.63, 3.8) is 0 Å². The van der Waals surface area contributed by atoms with Crippen LogP contribution in [0.2, 0.25) is 5.02 Å². The van der Waals surface area contributed by atoms with Gasteiger partial charge in [-0.05, 0) is 68.5 Å². The Morgan fingerprint density at radius 1 is 1.08 bits per heavy atom. The van der Waals surface area contributed by atoms with Gasteiger partial charge < -0.3 is 10.6 Å². The highest BCUT2D eigenvalue weighted by atomic mass is 35.5. The minimum Gasteiger partial charge on any atom is -0.353 e. The molecule has 0 atom stereocenters. The van der Waals surface area contributed by atoms with Crippen LogP contribution in [0.5, 0.6) is 0 Å². The van der Waals surface area contributed by atoms with Crippen LogP contribution in [0.3, 0.4) is 0 Å². The number of carbonyl (C=O) groups is 2. The molecule has 3 aromatic rings. The molecule has 1 aliphatic rings. The molecule has 0 saturated heterocycles. The largest absolute Gasteiger partial charge is 0.353 e. The number of benzene rings is 1. The predicted octanol–water partition coefficient (Wildman–Crippen LogP) is 5.29. The summed E-state index contributed by atoms with van der Waals surface area (Å²) in [6.45, 7) is 5.59. The third kappa shape index (κ3) is 6.55. The number of rotatable bonds is 5. The number of aromatic nitrogens is 3. The Bertz CT molecular complexity index is 1350. The van der Waals surface area contributed by atoms with E-state index >= 15 is 0 Å². The summed E-state index contributed by atoms with van der Waals surface area (Å²) in [5, 5.41) is 10.6. The van der Waals surface area contributed by atoms with Crippen LogP contribution in [0.4, 0.5) is 10.2 Å². The van der Waals surface area contributed by atoms with Crippen molar-refractivity contribution in [3.05, 3.63) is 75.9 Å². The number of aryl methyl sites for hydroxylation is 1. The third-order valence-electron chi connectivity index (χ3n) is 6.38. The Balaban J connectivity index is 1.43. The molecule has 192 valence electrons. The maximum absolute atomic E-state index is 13.2. The van der Waals surface area contributed by atoms with Crippen LogP contribution in [-0.4, -0.2) is 32.6 Å². The molecule has 0 radical (unpaired) electrons. The Morgan fingerprint density at radius 2 is 1.76 bits per heavy atom. The molecular weight excluding hydrogens is 493 g/mol. The lowest BCUT2D eigenvalue weighted by atomic mass is 9.90. The van der Waals surface area contributed by atoms with E-state index in [1.54, 1.807) is 23.0 Å². The van der Waals surface area contributed by atoms with Crippen molar-refractivity contribution >= 4 is 29.2 Å². The fraction of sp³-hybridized carbons (Fsp3) is 0.357. The van der Waals surface area contributed by atoms with Gasteiger partial charge >= 0.3 is 0 Å². The summed E-state index contributed by atoms with van der Waals surface area (Å²) in [4.78, 5) is 29.6. The fourth-order valence-corrected chi connectivity index (χ4v) is 4.50. The number of halogens is 2. The van der Waals surface area contributed by atoms with Gasteiger partial charge in [0, 0.05) is 29.3 Å². The molecule has 1 fully saturated rings. The van der Waals surface area contributed by atoms with Gasteiger partial charge in [-0.25, -0.2) is 9.37 Å². The molecule has 37 heavy (non-hydrogen) atoms. The number of anilines is 1. The number of nitrogens with zero attached hydrogens (tertiary/aromatic N) is 3. The topological polar surface area (TPSA) is 88.9 Å². The van der Waals surface area contributed by atoms with E-state index in [0.717, 1.165) is 31.2 Å². The Morgan fingerprint density at radius 3 is 2.41 bits per heavy atom. The monoisotopic (exact) mass is 521 g/mol. The van der Waals surface area contributed by atoms with Gasteiger partial charge in [-0.15, -0.1) is 0 Å². The Labute approximate surface area is 220 Å². The molecule has 2 amide bonds. The fourth-order valence-electron chi connectivity index (χ4n) is 4.28. The first-order valence-electron chi connectivity index (χ1n) is 12.3. The summed E-state index contributed by atoms with van der Waals surface area (Å²) >= 11 is 6.37. The molecule has 0 unspecified atom stereocenters. The van der Waals surface area contributed by atoms with Crippen molar-refractivity contribution in [1.29, 1.82) is 0 Å². The quantitative estimate of drug-likeness (QED) is 0.447. The van der Waals surface area contributed by atoms with Gasteiger partial charge in [-0.2, -0.15) is 5.10 Å². The lowest BCUT2D eigenvalue weighted by Gasteiger charge is -2.30. The van der Waals surface area contributed by atoms with Gasteiger partial charge in [-0.3, -0.25) is 14.3 Å². The smallest absolute Gasteiger partial charge is 0.276 e. The lowest BCUT2D eigenvalue weighted by Crippen LogP contribution is -2.40. The van der Waals surface area contributed by atoms with E-state index in [1.165, 1.54) is 18.3 Å². The molecule has 4 rings (SSSR count). The predicted molar refractivity (Wildman–Crippen MR) is 141 cm³/mol. The highest BCUT2D eigenvalue weighted by Gasteiger charge is 2.29. The van der Waals surface area contributed by atoms with E-state index in [-0.39, 0.29) is 40.4 Å². The van der Waals surface area contributed by atoms with Gasteiger partial charge in [0.2, 0.25) is 5.91 Å². The number of nitrogens with one attached hydrogen (secondary N) is 2. The average Bonchev–Trinajstić information content (AvgIpc) is 3.27. The number of hydrogen-bond acceptors (Lipinski definition) is 4. The van der Waals surface area contributed by atoms with Crippen LogP contribution in [0.25, 0.3) is 0 Å². The number of amides is 2. The molecule has 1 aromatic carbocycles. The Kier molecular flexibility index (Phi) is 8.24. The minimum absolute atomic E-state index is 0.0126. The van der Waals surface area contributed by atoms with Crippen LogP contribution in [0.1, 0.15) is 72.8 Å². The van der Waals surface area contributed by atoms with E-state index in [0.29, 0.717) is 16.9 Å². The van der Waals surface area contributed by atoms with E-state index in [4.69, 9.17) is 11.6 Å². The van der Waals surface area contributed by atoms with E-state index in [9.17, 15) is 14.0 Å². The molecule has 1 saturated carbocycles. The van der Waals surface area contributed by atoms with Crippen LogP contribution in [0.15, 0.2) is 42.7 Å². The van der Waals surface area contributed by atoms with Crippen molar-refractivity contribution in [2.75, 3.05) is 5.32 Å². The maximum Gasteiger partial charge on any atom is 0.276 e. The Hall–Kier alpha value is -3.70. The van der Waals surface area contributed by atoms with Crippen LogP contribution >= 0.6 is 11.6 Å². The first kappa shape index (κ1) is 26.4.